The summed E-state index contributed by atoms with van der Waals surface area (Å²) in [6.07, 6.45) is 5.55. The Balaban J connectivity index is 2.06. The Bertz CT molecular complexity index is 440. The highest BCUT2D eigenvalue weighted by molar-refractivity contribution is 5.40. The van der Waals surface area contributed by atoms with E-state index in [9.17, 15) is 0 Å². The highest BCUT2D eigenvalue weighted by atomic mass is 16.5. The molecule has 0 aliphatic carbocycles. The topological polar surface area (TPSA) is 39.1 Å². The number of aromatic nitrogens is 2. The monoisotopic (exact) mass is 231 g/mol. The summed E-state index contributed by atoms with van der Waals surface area (Å²) in [5, 5.41) is 3.35. The zero-order valence-electron chi connectivity index (χ0n) is 9.97. The molecule has 4 heteroatoms. The number of rotatable bonds is 6. The molecule has 0 amide bonds. The first-order valence-corrected chi connectivity index (χ1v) is 5.67. The second kappa shape index (κ2) is 6.18. The fraction of sp³-hybridized carbons (Fsp3) is 0.308. The van der Waals surface area contributed by atoms with E-state index in [0.717, 1.165) is 25.4 Å². The smallest absolute Gasteiger partial charge is 0.0991 e. The van der Waals surface area contributed by atoms with E-state index >= 15 is 0 Å². The lowest BCUT2D eigenvalue weighted by atomic mass is 10.1. The molecule has 2 aromatic rings. The highest BCUT2D eigenvalue weighted by Crippen LogP contribution is 2.13. The minimum atomic E-state index is 0.729. The van der Waals surface area contributed by atoms with Crippen LogP contribution in [-0.4, -0.2) is 29.8 Å². The third kappa shape index (κ3) is 3.15. The molecule has 0 bridgehead atoms. The quantitative estimate of drug-likeness (QED) is 0.768. The first-order chi connectivity index (χ1) is 8.42. The van der Waals surface area contributed by atoms with E-state index in [1.54, 1.807) is 13.3 Å². The lowest BCUT2D eigenvalue weighted by Crippen LogP contribution is -2.19. The van der Waals surface area contributed by atoms with Crippen molar-refractivity contribution in [2.45, 2.75) is 6.54 Å². The van der Waals surface area contributed by atoms with E-state index in [4.69, 9.17) is 4.74 Å². The summed E-state index contributed by atoms with van der Waals surface area (Å²) in [4.78, 5) is 4.07. The van der Waals surface area contributed by atoms with Crippen molar-refractivity contribution in [2.24, 2.45) is 0 Å². The van der Waals surface area contributed by atoms with Crippen LogP contribution >= 0.6 is 0 Å². The first-order valence-electron chi connectivity index (χ1n) is 5.67. The van der Waals surface area contributed by atoms with Gasteiger partial charge in [-0.25, -0.2) is 4.98 Å². The Morgan fingerprint density at radius 3 is 3.00 bits per heavy atom. The van der Waals surface area contributed by atoms with Gasteiger partial charge in [0, 0.05) is 32.6 Å². The molecule has 4 nitrogen and oxygen atoms in total. The molecule has 0 saturated carbocycles. The number of para-hydroxylation sites is 1. The van der Waals surface area contributed by atoms with Gasteiger partial charge in [-0.2, -0.15) is 0 Å². The van der Waals surface area contributed by atoms with E-state index in [-0.39, 0.29) is 0 Å². The molecule has 2 rings (SSSR count). The molecule has 0 aliphatic heterocycles. The summed E-state index contributed by atoms with van der Waals surface area (Å²) in [5.74, 6) is 0. The predicted molar refractivity (Wildman–Crippen MR) is 67.1 cm³/mol. The van der Waals surface area contributed by atoms with E-state index < -0.39 is 0 Å². The number of ether oxygens (including phenoxy) is 1. The van der Waals surface area contributed by atoms with Crippen molar-refractivity contribution in [1.29, 1.82) is 0 Å². The van der Waals surface area contributed by atoms with Gasteiger partial charge in [-0.1, -0.05) is 18.2 Å². The van der Waals surface area contributed by atoms with E-state index in [0.29, 0.717) is 0 Å². The van der Waals surface area contributed by atoms with Crippen molar-refractivity contribution in [3.05, 3.63) is 48.5 Å². The zero-order valence-corrected chi connectivity index (χ0v) is 9.97. The van der Waals surface area contributed by atoms with Crippen LogP contribution in [0.15, 0.2) is 43.0 Å². The Kier molecular flexibility index (Phi) is 4.30. The molecule has 1 aromatic heterocycles. The molecule has 17 heavy (non-hydrogen) atoms. The van der Waals surface area contributed by atoms with Crippen LogP contribution in [0.2, 0.25) is 0 Å². The Hall–Kier alpha value is -1.65. The predicted octanol–water partition coefficient (Wildman–Crippen LogP) is 1.61. The maximum atomic E-state index is 5.00. The van der Waals surface area contributed by atoms with Crippen LogP contribution in [0.1, 0.15) is 5.56 Å². The van der Waals surface area contributed by atoms with Gasteiger partial charge in [-0.3, -0.25) is 0 Å². The third-order valence-electron chi connectivity index (χ3n) is 2.57. The number of hydrogen-bond acceptors (Lipinski definition) is 3. The summed E-state index contributed by atoms with van der Waals surface area (Å²) in [6, 6.07) is 8.30. The number of hydrogen-bond donors (Lipinski definition) is 1. The molecule has 0 radical (unpaired) electrons. The summed E-state index contributed by atoms with van der Waals surface area (Å²) in [7, 11) is 1.71. The average molecular weight is 231 g/mol. The molecule has 1 aromatic carbocycles. The van der Waals surface area contributed by atoms with E-state index in [2.05, 4.69) is 22.4 Å². The molecule has 0 atom stereocenters. The lowest BCUT2D eigenvalue weighted by Gasteiger charge is -2.10. The standard InChI is InChI=1S/C13H17N3O/c1-17-9-7-14-10-12-4-2-3-5-13(12)16-8-6-15-11-16/h2-6,8,11,14H,7,9-10H2,1H3. The Labute approximate surface area is 101 Å². The molecule has 1 heterocycles. The van der Waals surface area contributed by atoms with Gasteiger partial charge in [0.05, 0.1) is 18.6 Å². The van der Waals surface area contributed by atoms with Gasteiger partial charge in [0.15, 0.2) is 0 Å². The maximum Gasteiger partial charge on any atom is 0.0991 e. The zero-order chi connectivity index (χ0) is 11.9. The lowest BCUT2D eigenvalue weighted by molar-refractivity contribution is 0.199. The van der Waals surface area contributed by atoms with Gasteiger partial charge in [-0.05, 0) is 11.6 Å². The number of imidazole rings is 1. The van der Waals surface area contributed by atoms with Gasteiger partial charge in [0.2, 0.25) is 0 Å². The van der Waals surface area contributed by atoms with Crippen LogP contribution in [0.3, 0.4) is 0 Å². The van der Waals surface area contributed by atoms with Gasteiger partial charge >= 0.3 is 0 Å². The van der Waals surface area contributed by atoms with Gasteiger partial charge in [-0.15, -0.1) is 0 Å². The van der Waals surface area contributed by atoms with Crippen molar-refractivity contribution in [3.8, 4) is 5.69 Å². The number of benzene rings is 1. The van der Waals surface area contributed by atoms with Crippen LogP contribution < -0.4 is 5.32 Å². The average Bonchev–Trinajstić information content (AvgIpc) is 2.89. The van der Waals surface area contributed by atoms with Crippen LogP contribution in [0, 0.1) is 0 Å². The summed E-state index contributed by atoms with van der Waals surface area (Å²) in [5.41, 5.74) is 2.41. The van der Waals surface area contributed by atoms with E-state index in [1.165, 1.54) is 5.56 Å². The molecular weight excluding hydrogens is 214 g/mol. The van der Waals surface area contributed by atoms with Crippen LogP contribution in [-0.2, 0) is 11.3 Å². The van der Waals surface area contributed by atoms with E-state index in [1.807, 2.05) is 29.2 Å². The third-order valence-corrected chi connectivity index (χ3v) is 2.57. The molecule has 0 saturated heterocycles. The molecular formula is C13H17N3O. The molecule has 1 N–H and O–H groups in total. The van der Waals surface area contributed by atoms with Gasteiger partial charge < -0.3 is 14.6 Å². The molecule has 0 spiro atoms. The van der Waals surface area contributed by atoms with Crippen molar-refractivity contribution in [3.63, 3.8) is 0 Å². The minimum Gasteiger partial charge on any atom is -0.383 e. The van der Waals surface area contributed by atoms with Crippen LogP contribution in [0.4, 0.5) is 0 Å². The van der Waals surface area contributed by atoms with Gasteiger partial charge in [0.25, 0.3) is 0 Å². The fourth-order valence-electron chi connectivity index (χ4n) is 1.71. The highest BCUT2D eigenvalue weighted by Gasteiger charge is 2.02. The number of nitrogens with zero attached hydrogens (tertiary/aromatic N) is 2. The molecule has 0 unspecified atom stereocenters. The largest absolute Gasteiger partial charge is 0.383 e. The molecule has 90 valence electrons. The summed E-state index contributed by atoms with van der Waals surface area (Å²) in [6.45, 7) is 2.42. The Morgan fingerprint density at radius 1 is 1.35 bits per heavy atom. The molecule has 0 fully saturated rings. The van der Waals surface area contributed by atoms with Crippen molar-refractivity contribution >= 4 is 0 Å². The van der Waals surface area contributed by atoms with Crippen molar-refractivity contribution in [1.82, 2.24) is 14.9 Å². The normalized spacial score (nSPS) is 10.6. The second-order valence-electron chi connectivity index (χ2n) is 3.77. The van der Waals surface area contributed by atoms with Crippen molar-refractivity contribution < 1.29 is 4.74 Å². The first kappa shape index (κ1) is 11.8. The fourth-order valence-corrected chi connectivity index (χ4v) is 1.71. The number of nitrogens with one attached hydrogen (secondary N) is 1. The summed E-state index contributed by atoms with van der Waals surface area (Å²) < 4.78 is 7.03. The minimum absolute atomic E-state index is 0.729. The molecule has 0 aliphatic rings. The summed E-state index contributed by atoms with van der Waals surface area (Å²) >= 11 is 0. The van der Waals surface area contributed by atoms with Crippen LogP contribution in [0.25, 0.3) is 5.69 Å². The van der Waals surface area contributed by atoms with Gasteiger partial charge in [0.1, 0.15) is 0 Å². The maximum absolute atomic E-state index is 5.00. The van der Waals surface area contributed by atoms with Crippen molar-refractivity contribution in [2.75, 3.05) is 20.3 Å². The Morgan fingerprint density at radius 2 is 2.24 bits per heavy atom. The number of methoxy groups -OCH3 is 1. The SMILES string of the molecule is COCCNCc1ccccc1-n1ccnc1. The second-order valence-corrected chi connectivity index (χ2v) is 3.77. The van der Waals surface area contributed by atoms with Crippen LogP contribution in [0.5, 0.6) is 0 Å².